The van der Waals surface area contributed by atoms with Crippen LogP contribution in [0.25, 0.3) is 0 Å². The van der Waals surface area contributed by atoms with Crippen LogP contribution in [0.1, 0.15) is 35.1 Å². The molecule has 0 N–H and O–H groups in total. The summed E-state index contributed by atoms with van der Waals surface area (Å²) < 4.78 is 5.13. The lowest BCUT2D eigenvalue weighted by Crippen LogP contribution is -1.93. The van der Waals surface area contributed by atoms with E-state index in [1.165, 1.54) is 11.1 Å². The van der Waals surface area contributed by atoms with Crippen LogP contribution < -0.4 is 0 Å². The van der Waals surface area contributed by atoms with Crippen LogP contribution in [0.2, 0.25) is 0 Å². The van der Waals surface area contributed by atoms with Crippen molar-refractivity contribution in [3.63, 3.8) is 0 Å². The first-order valence-corrected chi connectivity index (χ1v) is 6.11. The molecule has 0 radical (unpaired) electrons. The Morgan fingerprint density at radius 3 is 2.82 bits per heavy atom. The summed E-state index contributed by atoms with van der Waals surface area (Å²) in [7, 11) is 0. The lowest BCUT2D eigenvalue weighted by atomic mass is 10.1. The largest absolute Gasteiger partial charge is 0.339 e. The van der Waals surface area contributed by atoms with E-state index in [2.05, 4.69) is 41.3 Å². The minimum atomic E-state index is -0.202. The number of aromatic nitrogens is 2. The van der Waals surface area contributed by atoms with Crippen LogP contribution in [0.15, 0.2) is 28.8 Å². The molecule has 0 aliphatic heterocycles. The van der Waals surface area contributed by atoms with E-state index in [0.29, 0.717) is 11.7 Å². The van der Waals surface area contributed by atoms with Crippen LogP contribution in [0.3, 0.4) is 0 Å². The van der Waals surface area contributed by atoms with Crippen molar-refractivity contribution in [1.29, 1.82) is 0 Å². The summed E-state index contributed by atoms with van der Waals surface area (Å²) in [6, 6.07) is 8.42. The third kappa shape index (κ3) is 3.30. The molecule has 0 aliphatic carbocycles. The number of hydrogen-bond donors (Lipinski definition) is 0. The van der Waals surface area contributed by atoms with Gasteiger partial charge >= 0.3 is 0 Å². The maximum Gasteiger partial charge on any atom is 0.227 e. The molecular weight excluding hydrogens is 236 g/mol. The number of hydrogen-bond acceptors (Lipinski definition) is 3. The molecule has 1 unspecified atom stereocenters. The first-order valence-electron chi connectivity index (χ1n) is 5.67. The molecule has 4 heteroatoms. The zero-order valence-electron chi connectivity index (χ0n) is 9.98. The van der Waals surface area contributed by atoms with E-state index in [1.807, 2.05) is 6.92 Å². The Bertz CT molecular complexity index is 494. The molecule has 0 amide bonds. The van der Waals surface area contributed by atoms with Gasteiger partial charge in [0.1, 0.15) is 0 Å². The zero-order chi connectivity index (χ0) is 12.3. The summed E-state index contributed by atoms with van der Waals surface area (Å²) in [6.45, 7) is 3.92. The second kappa shape index (κ2) is 5.32. The molecule has 0 saturated carbocycles. The number of aryl methyl sites for hydroxylation is 3. The maximum absolute atomic E-state index is 5.87. The van der Waals surface area contributed by atoms with Crippen molar-refractivity contribution < 1.29 is 4.52 Å². The smallest absolute Gasteiger partial charge is 0.227 e. The molecule has 2 aromatic rings. The van der Waals surface area contributed by atoms with Gasteiger partial charge in [0.2, 0.25) is 5.89 Å². The predicted molar refractivity (Wildman–Crippen MR) is 67.2 cm³/mol. The fraction of sp³-hybridized carbons (Fsp3) is 0.385. The van der Waals surface area contributed by atoms with E-state index >= 15 is 0 Å². The van der Waals surface area contributed by atoms with Gasteiger partial charge < -0.3 is 4.52 Å². The van der Waals surface area contributed by atoms with Gasteiger partial charge in [0.15, 0.2) is 5.82 Å². The second-order valence-corrected chi connectivity index (χ2v) is 4.81. The molecule has 0 saturated heterocycles. The highest BCUT2D eigenvalue weighted by molar-refractivity contribution is 6.20. The summed E-state index contributed by atoms with van der Waals surface area (Å²) in [4.78, 5) is 4.24. The van der Waals surface area contributed by atoms with Crippen LogP contribution in [-0.4, -0.2) is 10.1 Å². The van der Waals surface area contributed by atoms with E-state index in [4.69, 9.17) is 16.1 Å². The van der Waals surface area contributed by atoms with Crippen LogP contribution in [0, 0.1) is 6.92 Å². The van der Waals surface area contributed by atoms with Crippen LogP contribution in [0.4, 0.5) is 0 Å². The van der Waals surface area contributed by atoms with Crippen molar-refractivity contribution in [1.82, 2.24) is 10.1 Å². The van der Waals surface area contributed by atoms with E-state index in [1.54, 1.807) is 0 Å². The monoisotopic (exact) mass is 250 g/mol. The normalized spacial score (nSPS) is 12.6. The van der Waals surface area contributed by atoms with Crippen molar-refractivity contribution in [3.05, 3.63) is 47.1 Å². The molecule has 2 rings (SSSR count). The zero-order valence-corrected chi connectivity index (χ0v) is 10.7. The van der Waals surface area contributed by atoms with Gasteiger partial charge in [0, 0.05) is 6.42 Å². The highest BCUT2D eigenvalue weighted by Gasteiger charge is 2.10. The number of halogens is 1. The molecule has 1 aromatic heterocycles. The first-order chi connectivity index (χ1) is 8.15. The fourth-order valence-corrected chi connectivity index (χ4v) is 1.74. The van der Waals surface area contributed by atoms with Crippen molar-refractivity contribution in [2.24, 2.45) is 0 Å². The van der Waals surface area contributed by atoms with Crippen LogP contribution >= 0.6 is 11.6 Å². The standard InChI is InChI=1S/C13H15ClN2O/c1-9-4-3-5-11(8-9)6-7-12-15-13(10(2)14)16-17-12/h3-5,8,10H,6-7H2,1-2H3. The highest BCUT2D eigenvalue weighted by Crippen LogP contribution is 2.16. The summed E-state index contributed by atoms with van der Waals surface area (Å²) in [6.07, 6.45) is 1.65. The van der Waals surface area contributed by atoms with E-state index in [-0.39, 0.29) is 5.38 Å². The summed E-state index contributed by atoms with van der Waals surface area (Å²) in [5, 5.41) is 3.63. The molecule has 90 valence electrons. The average molecular weight is 251 g/mol. The third-order valence-electron chi connectivity index (χ3n) is 2.55. The average Bonchev–Trinajstić information content (AvgIpc) is 2.75. The topological polar surface area (TPSA) is 38.9 Å². The number of rotatable bonds is 4. The maximum atomic E-state index is 5.87. The quantitative estimate of drug-likeness (QED) is 0.780. The van der Waals surface area contributed by atoms with E-state index < -0.39 is 0 Å². The lowest BCUT2D eigenvalue weighted by molar-refractivity contribution is 0.373. The van der Waals surface area contributed by atoms with Gasteiger partial charge in [-0.25, -0.2) is 0 Å². The Balaban J connectivity index is 1.97. The van der Waals surface area contributed by atoms with Gasteiger partial charge in [-0.1, -0.05) is 35.0 Å². The Hall–Kier alpha value is -1.35. The number of alkyl halides is 1. The van der Waals surface area contributed by atoms with Gasteiger partial charge in [-0.2, -0.15) is 4.98 Å². The van der Waals surface area contributed by atoms with Gasteiger partial charge in [0.25, 0.3) is 0 Å². The van der Waals surface area contributed by atoms with Gasteiger partial charge in [-0.05, 0) is 25.8 Å². The third-order valence-corrected chi connectivity index (χ3v) is 2.74. The molecule has 1 aromatic carbocycles. The molecule has 0 bridgehead atoms. The van der Waals surface area contributed by atoms with Gasteiger partial charge in [-0.15, -0.1) is 11.6 Å². The van der Waals surface area contributed by atoms with Gasteiger partial charge in [-0.3, -0.25) is 0 Å². The van der Waals surface area contributed by atoms with Crippen molar-refractivity contribution in [2.45, 2.75) is 32.1 Å². The van der Waals surface area contributed by atoms with Crippen molar-refractivity contribution in [3.8, 4) is 0 Å². The minimum Gasteiger partial charge on any atom is -0.339 e. The summed E-state index contributed by atoms with van der Waals surface area (Å²) in [5.41, 5.74) is 2.55. The molecular formula is C13H15ClN2O. The molecule has 0 fully saturated rings. The molecule has 0 aliphatic rings. The first kappa shape index (κ1) is 12.1. The Morgan fingerprint density at radius 2 is 2.18 bits per heavy atom. The SMILES string of the molecule is Cc1cccc(CCc2nc(C(C)Cl)no2)c1. The summed E-state index contributed by atoms with van der Waals surface area (Å²) >= 11 is 5.87. The van der Waals surface area contributed by atoms with Crippen LogP contribution in [-0.2, 0) is 12.8 Å². The molecule has 17 heavy (non-hydrogen) atoms. The highest BCUT2D eigenvalue weighted by atomic mass is 35.5. The Morgan fingerprint density at radius 1 is 1.35 bits per heavy atom. The predicted octanol–water partition coefficient (Wildman–Crippen LogP) is 3.46. The van der Waals surface area contributed by atoms with Crippen molar-refractivity contribution >= 4 is 11.6 Å². The fourth-order valence-electron chi connectivity index (χ4n) is 1.65. The Kier molecular flexibility index (Phi) is 3.79. The van der Waals surface area contributed by atoms with E-state index in [9.17, 15) is 0 Å². The van der Waals surface area contributed by atoms with Gasteiger partial charge in [0.05, 0.1) is 5.38 Å². The van der Waals surface area contributed by atoms with E-state index in [0.717, 1.165) is 12.8 Å². The van der Waals surface area contributed by atoms with Crippen molar-refractivity contribution in [2.75, 3.05) is 0 Å². The Labute approximate surface area is 106 Å². The molecule has 0 spiro atoms. The number of benzene rings is 1. The number of nitrogens with zero attached hydrogens (tertiary/aromatic N) is 2. The molecule has 3 nitrogen and oxygen atoms in total. The van der Waals surface area contributed by atoms with Crippen LogP contribution in [0.5, 0.6) is 0 Å². The molecule has 1 heterocycles. The minimum absolute atomic E-state index is 0.202. The molecule has 1 atom stereocenters. The lowest BCUT2D eigenvalue weighted by Gasteiger charge is -1.99. The second-order valence-electron chi connectivity index (χ2n) is 4.15. The summed E-state index contributed by atoms with van der Waals surface area (Å²) in [5.74, 6) is 1.21.